The lowest BCUT2D eigenvalue weighted by Crippen LogP contribution is -2.28. The molecule has 1 aromatic heterocycles. The molecule has 0 aliphatic heterocycles. The molecule has 4 aromatic rings. The van der Waals surface area contributed by atoms with E-state index in [-0.39, 0.29) is 9.77 Å². The molecule has 0 aliphatic carbocycles. The maximum absolute atomic E-state index is 13.9. The standard InChI is InChI=1S/C27H26N2O3S2/c1-18-9-8-12-23(15-18)29(4)34(31,32)26-24(21-10-6-5-7-11-21)17-33-25(26)27(30)28-22-14-13-19(2)20(3)16-22/h5-17H,1-4H3,(H,28,30). The summed E-state index contributed by atoms with van der Waals surface area (Å²) < 4.78 is 29.1. The highest BCUT2D eigenvalue weighted by Gasteiger charge is 2.32. The van der Waals surface area contributed by atoms with Crippen molar-refractivity contribution >= 4 is 38.6 Å². The second-order valence-electron chi connectivity index (χ2n) is 8.24. The third-order valence-electron chi connectivity index (χ3n) is 5.79. The summed E-state index contributed by atoms with van der Waals surface area (Å²) in [6.45, 7) is 5.88. The normalized spacial score (nSPS) is 11.3. The number of hydrogen-bond acceptors (Lipinski definition) is 4. The van der Waals surface area contributed by atoms with Gasteiger partial charge in [0.25, 0.3) is 15.9 Å². The Morgan fingerprint density at radius 1 is 0.882 bits per heavy atom. The fourth-order valence-corrected chi connectivity index (χ4v) is 6.53. The predicted molar refractivity (Wildman–Crippen MR) is 140 cm³/mol. The smallest absolute Gasteiger partial charge is 0.267 e. The van der Waals surface area contributed by atoms with Crippen LogP contribution in [0.25, 0.3) is 11.1 Å². The van der Waals surface area contributed by atoms with Gasteiger partial charge in [-0.15, -0.1) is 11.3 Å². The van der Waals surface area contributed by atoms with E-state index in [0.717, 1.165) is 33.6 Å². The first kappa shape index (κ1) is 23.7. The van der Waals surface area contributed by atoms with E-state index in [2.05, 4.69) is 5.32 Å². The van der Waals surface area contributed by atoms with Gasteiger partial charge in [-0.25, -0.2) is 8.42 Å². The van der Waals surface area contributed by atoms with Crippen LogP contribution in [0.3, 0.4) is 0 Å². The van der Waals surface area contributed by atoms with Crippen molar-refractivity contribution in [1.29, 1.82) is 0 Å². The van der Waals surface area contributed by atoms with Crippen molar-refractivity contribution in [3.05, 3.63) is 99.7 Å². The van der Waals surface area contributed by atoms with Crippen LogP contribution in [-0.2, 0) is 10.0 Å². The lowest BCUT2D eigenvalue weighted by Gasteiger charge is -2.21. The Morgan fingerprint density at radius 3 is 2.29 bits per heavy atom. The van der Waals surface area contributed by atoms with E-state index in [1.807, 2.05) is 81.4 Å². The third-order valence-corrected chi connectivity index (χ3v) is 8.76. The maximum Gasteiger partial charge on any atom is 0.267 e. The summed E-state index contributed by atoms with van der Waals surface area (Å²) >= 11 is 1.13. The Balaban J connectivity index is 1.83. The molecule has 0 radical (unpaired) electrons. The fraction of sp³-hybridized carbons (Fsp3) is 0.148. The summed E-state index contributed by atoms with van der Waals surface area (Å²) in [5.41, 5.74) is 5.50. The zero-order valence-electron chi connectivity index (χ0n) is 19.5. The quantitative estimate of drug-likeness (QED) is 0.339. The number of hydrogen-bond donors (Lipinski definition) is 1. The Bertz CT molecular complexity index is 1460. The summed E-state index contributed by atoms with van der Waals surface area (Å²) in [7, 11) is -2.53. The molecule has 0 bridgehead atoms. The number of amides is 1. The van der Waals surface area contributed by atoms with Crippen molar-refractivity contribution < 1.29 is 13.2 Å². The van der Waals surface area contributed by atoms with Crippen molar-refractivity contribution in [3.63, 3.8) is 0 Å². The topological polar surface area (TPSA) is 66.5 Å². The Hall–Kier alpha value is -3.42. The molecule has 1 amide bonds. The van der Waals surface area contributed by atoms with Crippen molar-refractivity contribution in [2.45, 2.75) is 25.7 Å². The van der Waals surface area contributed by atoms with Crippen molar-refractivity contribution in [1.82, 2.24) is 0 Å². The lowest BCUT2D eigenvalue weighted by atomic mass is 10.1. The number of anilines is 2. The molecule has 3 aromatic carbocycles. The van der Waals surface area contributed by atoms with E-state index < -0.39 is 15.9 Å². The minimum Gasteiger partial charge on any atom is -0.321 e. The molecule has 0 saturated carbocycles. The molecule has 0 spiro atoms. The molecule has 0 aliphatic rings. The van der Waals surface area contributed by atoms with Crippen LogP contribution in [0.1, 0.15) is 26.4 Å². The molecule has 0 saturated heterocycles. The van der Waals surface area contributed by atoms with Crippen LogP contribution in [0.15, 0.2) is 83.1 Å². The molecule has 0 atom stereocenters. The number of sulfonamides is 1. The van der Waals surface area contributed by atoms with Gasteiger partial charge in [0.15, 0.2) is 0 Å². The molecule has 4 rings (SSSR count). The first-order valence-corrected chi connectivity index (χ1v) is 13.1. The molecular weight excluding hydrogens is 464 g/mol. The van der Waals surface area contributed by atoms with Crippen molar-refractivity contribution in [3.8, 4) is 11.1 Å². The molecular formula is C27H26N2O3S2. The highest BCUT2D eigenvalue weighted by Crippen LogP contribution is 2.38. The van der Waals surface area contributed by atoms with E-state index in [9.17, 15) is 13.2 Å². The summed E-state index contributed by atoms with van der Waals surface area (Å²) in [4.78, 5) is 13.5. The SMILES string of the molecule is Cc1cccc(N(C)S(=O)(=O)c2c(-c3ccccc3)csc2C(=O)Nc2ccc(C)c(C)c2)c1. The van der Waals surface area contributed by atoms with Gasteiger partial charge in [-0.3, -0.25) is 9.10 Å². The largest absolute Gasteiger partial charge is 0.321 e. The number of nitrogens with zero attached hydrogens (tertiary/aromatic N) is 1. The minimum absolute atomic E-state index is 0.00837. The molecule has 1 N–H and O–H groups in total. The third kappa shape index (κ3) is 4.62. The van der Waals surface area contributed by atoms with Crippen LogP contribution in [0.2, 0.25) is 0 Å². The molecule has 174 valence electrons. The summed E-state index contributed by atoms with van der Waals surface area (Å²) in [5.74, 6) is -0.452. The van der Waals surface area contributed by atoms with E-state index in [1.54, 1.807) is 17.5 Å². The van der Waals surface area contributed by atoms with Crippen LogP contribution in [0.5, 0.6) is 0 Å². The van der Waals surface area contributed by atoms with Crippen LogP contribution in [0, 0.1) is 20.8 Å². The molecule has 34 heavy (non-hydrogen) atoms. The Morgan fingerprint density at radius 2 is 1.62 bits per heavy atom. The Labute approximate surface area is 204 Å². The van der Waals surface area contributed by atoms with Crippen LogP contribution in [0.4, 0.5) is 11.4 Å². The number of thiophene rings is 1. The average Bonchev–Trinajstić information content (AvgIpc) is 3.28. The maximum atomic E-state index is 13.9. The first-order valence-electron chi connectivity index (χ1n) is 10.8. The van der Waals surface area contributed by atoms with Gasteiger partial charge in [0.2, 0.25) is 0 Å². The van der Waals surface area contributed by atoms with Crippen LogP contribution < -0.4 is 9.62 Å². The predicted octanol–water partition coefficient (Wildman–Crippen LogP) is 6.42. The number of carbonyl (C=O) groups is 1. The zero-order valence-corrected chi connectivity index (χ0v) is 21.1. The summed E-state index contributed by atoms with van der Waals surface area (Å²) in [5, 5.41) is 4.62. The van der Waals surface area contributed by atoms with Gasteiger partial charge in [-0.1, -0.05) is 48.5 Å². The van der Waals surface area contributed by atoms with Gasteiger partial charge in [-0.2, -0.15) is 0 Å². The van der Waals surface area contributed by atoms with Gasteiger partial charge in [0.05, 0.1) is 5.69 Å². The highest BCUT2D eigenvalue weighted by atomic mass is 32.2. The van der Waals surface area contributed by atoms with Gasteiger partial charge < -0.3 is 5.32 Å². The van der Waals surface area contributed by atoms with E-state index in [4.69, 9.17) is 0 Å². The monoisotopic (exact) mass is 490 g/mol. The first-order chi connectivity index (χ1) is 16.2. The van der Waals surface area contributed by atoms with E-state index in [1.165, 1.54) is 11.4 Å². The lowest BCUT2D eigenvalue weighted by molar-refractivity contribution is 0.102. The number of aryl methyl sites for hydroxylation is 3. The zero-order chi connectivity index (χ0) is 24.5. The molecule has 7 heteroatoms. The number of benzene rings is 3. The average molecular weight is 491 g/mol. The van der Waals surface area contributed by atoms with Crippen molar-refractivity contribution in [2.75, 3.05) is 16.7 Å². The number of rotatable bonds is 6. The minimum atomic E-state index is -4.04. The van der Waals surface area contributed by atoms with Gasteiger partial charge >= 0.3 is 0 Å². The molecule has 0 unspecified atom stereocenters. The van der Waals surface area contributed by atoms with Gasteiger partial charge in [0, 0.05) is 23.7 Å². The fourth-order valence-electron chi connectivity index (χ4n) is 3.68. The van der Waals surface area contributed by atoms with Crippen molar-refractivity contribution in [2.24, 2.45) is 0 Å². The number of carbonyl (C=O) groups excluding carboxylic acids is 1. The summed E-state index contributed by atoms with van der Waals surface area (Å²) in [6.07, 6.45) is 0. The van der Waals surface area contributed by atoms with Crippen LogP contribution in [-0.4, -0.2) is 21.4 Å². The molecule has 1 heterocycles. The van der Waals surface area contributed by atoms with Gasteiger partial charge in [0.1, 0.15) is 9.77 Å². The number of nitrogens with one attached hydrogen (secondary N) is 1. The second kappa shape index (κ2) is 9.44. The highest BCUT2D eigenvalue weighted by molar-refractivity contribution is 7.93. The Kier molecular flexibility index (Phi) is 6.59. The van der Waals surface area contributed by atoms with E-state index >= 15 is 0 Å². The molecule has 0 fully saturated rings. The molecule has 5 nitrogen and oxygen atoms in total. The van der Waals surface area contributed by atoms with E-state index in [0.29, 0.717) is 16.9 Å². The van der Waals surface area contributed by atoms with Crippen LogP contribution >= 0.6 is 11.3 Å². The summed E-state index contributed by atoms with van der Waals surface area (Å²) in [6, 6.07) is 22.2. The van der Waals surface area contributed by atoms with Gasteiger partial charge in [-0.05, 0) is 67.3 Å². The second-order valence-corrected chi connectivity index (χ2v) is 11.0.